The van der Waals surface area contributed by atoms with Crippen LogP contribution in [0.25, 0.3) is 0 Å². The van der Waals surface area contributed by atoms with E-state index < -0.39 is 31.7 Å². The summed E-state index contributed by atoms with van der Waals surface area (Å²) in [4.78, 5) is 63.1. The molecule has 0 radical (unpaired) electrons. The summed E-state index contributed by atoms with van der Waals surface area (Å²) in [5.41, 5.74) is 0. The standard InChI is InChI=1S/C2F2O4.C2H2O4.Li.H3O4P.H/c3-7-1(5)2(6)8-4;3-1(4)2(5)6;;1-5(2,3)4;/h;(H,3,4)(H,5,6);;(H3,1,2,3,4);/q;;+1;;-1. The number of carboxylic acid groups (broad SMARTS) is 2. The molecule has 16 heteroatoms. The van der Waals surface area contributed by atoms with Crippen LogP contribution >= 0.6 is 7.82 Å². The zero-order valence-corrected chi connectivity index (χ0v) is 10.2. The molecular formula is C4H6F2LiO12P. The van der Waals surface area contributed by atoms with E-state index in [-0.39, 0.29) is 20.3 Å². The maximum atomic E-state index is 10.5. The van der Waals surface area contributed by atoms with Crippen LogP contribution < -0.4 is 18.9 Å². The van der Waals surface area contributed by atoms with Gasteiger partial charge in [0.25, 0.3) is 0 Å². The van der Waals surface area contributed by atoms with E-state index in [0.717, 1.165) is 0 Å². The Morgan fingerprint density at radius 1 is 0.850 bits per heavy atom. The predicted octanol–water partition coefficient (Wildman–Crippen LogP) is -4.81. The monoisotopic (exact) mass is 322 g/mol. The molecule has 0 spiro atoms. The molecule has 0 saturated heterocycles. The number of halogens is 2. The fourth-order valence-corrected chi connectivity index (χ4v) is 0.0630. The van der Waals surface area contributed by atoms with Crippen molar-refractivity contribution in [2.75, 3.05) is 0 Å². The van der Waals surface area contributed by atoms with E-state index in [9.17, 15) is 18.6 Å². The molecule has 0 rings (SSSR count). The maximum Gasteiger partial charge on any atom is 1.00 e. The molecule has 20 heavy (non-hydrogen) atoms. The molecular weight excluding hydrogens is 316 g/mol. The molecule has 0 aliphatic heterocycles. The van der Waals surface area contributed by atoms with Crippen molar-refractivity contribution in [1.29, 1.82) is 0 Å². The van der Waals surface area contributed by atoms with Gasteiger partial charge < -0.3 is 26.3 Å². The number of phosphoric acid groups is 1. The molecule has 114 valence electrons. The van der Waals surface area contributed by atoms with Crippen LogP contribution in [0.2, 0.25) is 0 Å². The number of hydrogen-bond donors (Lipinski definition) is 5. The Kier molecular flexibility index (Phi) is 18.7. The van der Waals surface area contributed by atoms with Crippen LogP contribution in [0, 0.1) is 0 Å². The van der Waals surface area contributed by atoms with Crippen LogP contribution in [0.4, 0.5) is 9.05 Å². The number of aliphatic carboxylic acids is 2. The fourth-order valence-electron chi connectivity index (χ4n) is 0.0630. The molecule has 0 fully saturated rings. The fraction of sp³-hybridized carbons (Fsp3) is 0. The Morgan fingerprint density at radius 3 is 1.05 bits per heavy atom. The van der Waals surface area contributed by atoms with Gasteiger partial charge in [0.05, 0.1) is 0 Å². The van der Waals surface area contributed by atoms with E-state index in [4.69, 9.17) is 39.0 Å². The molecule has 0 amide bonds. The molecule has 0 aliphatic carbocycles. The van der Waals surface area contributed by atoms with Crippen LogP contribution in [0.1, 0.15) is 1.43 Å². The summed E-state index contributed by atoms with van der Waals surface area (Å²) < 4.78 is 29.9. The van der Waals surface area contributed by atoms with Crippen molar-refractivity contribution in [1.82, 2.24) is 0 Å². The molecule has 0 aromatic heterocycles. The van der Waals surface area contributed by atoms with Gasteiger partial charge in [-0.2, -0.15) is 0 Å². The molecule has 0 aliphatic rings. The van der Waals surface area contributed by atoms with Crippen LogP contribution in [0.15, 0.2) is 0 Å². The number of carbonyl (C=O) groups is 4. The largest absolute Gasteiger partial charge is 1.00 e. The summed E-state index contributed by atoms with van der Waals surface area (Å²) >= 11 is 0. The molecule has 0 atom stereocenters. The molecule has 0 saturated carbocycles. The molecule has 0 aromatic rings. The summed E-state index contributed by atoms with van der Waals surface area (Å²) in [6.07, 6.45) is 0. The van der Waals surface area contributed by atoms with Crippen molar-refractivity contribution in [3.63, 3.8) is 0 Å². The Morgan fingerprint density at radius 2 is 1.00 bits per heavy atom. The van der Waals surface area contributed by atoms with Gasteiger partial charge in [-0.3, -0.25) is 0 Å². The van der Waals surface area contributed by atoms with Gasteiger partial charge in [0.2, 0.25) is 0 Å². The minimum Gasteiger partial charge on any atom is -1.00 e. The van der Waals surface area contributed by atoms with Crippen LogP contribution in [0.5, 0.6) is 0 Å². The van der Waals surface area contributed by atoms with Gasteiger partial charge in [-0.05, 0) is 0 Å². The SMILES string of the molecule is O=C(O)C(=O)O.O=C(OF)C(=O)OF.O=P(O)(O)O.[H-].[Li+]. The van der Waals surface area contributed by atoms with Crippen molar-refractivity contribution in [3.05, 3.63) is 0 Å². The smallest absolute Gasteiger partial charge is 1.00 e. The summed E-state index contributed by atoms with van der Waals surface area (Å²) in [5, 5.41) is 14.8. The maximum absolute atomic E-state index is 10.5. The third-order valence-electron chi connectivity index (χ3n) is 0.490. The molecule has 5 N–H and O–H groups in total. The van der Waals surface area contributed by atoms with Crippen molar-refractivity contribution >= 4 is 31.7 Å². The number of rotatable bonds is 0. The second-order valence-electron chi connectivity index (χ2n) is 1.85. The van der Waals surface area contributed by atoms with Crippen molar-refractivity contribution in [2.24, 2.45) is 0 Å². The first kappa shape index (κ1) is 26.9. The minimum absolute atomic E-state index is 0. The quantitative estimate of drug-likeness (QED) is 0.162. The first-order valence-corrected chi connectivity index (χ1v) is 4.83. The summed E-state index contributed by atoms with van der Waals surface area (Å²) in [6.45, 7) is 0. The molecule has 0 heterocycles. The Hall–Kier alpha value is -1.55. The number of carbonyl (C=O) groups excluding carboxylic acids is 2. The molecule has 0 aromatic carbocycles. The summed E-state index contributed by atoms with van der Waals surface area (Å²) in [7, 11) is -4.64. The van der Waals surface area contributed by atoms with Crippen molar-refractivity contribution in [2.45, 2.75) is 0 Å². The van der Waals surface area contributed by atoms with Gasteiger partial charge >= 0.3 is 50.6 Å². The molecule has 0 unspecified atom stereocenters. The van der Waals surface area contributed by atoms with Gasteiger partial charge in [0.1, 0.15) is 0 Å². The Labute approximate surface area is 120 Å². The first-order chi connectivity index (χ1) is 8.36. The zero-order chi connectivity index (χ0) is 16.2. The average molecular weight is 322 g/mol. The second-order valence-corrected chi connectivity index (χ2v) is 2.88. The van der Waals surface area contributed by atoms with Gasteiger partial charge in [-0.15, -0.1) is 0 Å². The Bertz CT molecular complexity index is 349. The minimum atomic E-state index is -4.64. The van der Waals surface area contributed by atoms with E-state index >= 15 is 0 Å². The zero-order valence-electron chi connectivity index (χ0n) is 10.3. The summed E-state index contributed by atoms with van der Waals surface area (Å²) in [5.74, 6) is -7.69. The van der Waals surface area contributed by atoms with E-state index in [1.165, 1.54) is 0 Å². The first-order valence-electron chi connectivity index (χ1n) is 3.26. The molecule has 0 bridgehead atoms. The Balaban J connectivity index is -0.0000000598. The van der Waals surface area contributed by atoms with E-state index in [1.807, 2.05) is 0 Å². The van der Waals surface area contributed by atoms with Gasteiger partial charge in [-0.1, -0.05) is 0 Å². The van der Waals surface area contributed by atoms with Gasteiger partial charge in [0.15, 0.2) is 0 Å². The van der Waals surface area contributed by atoms with E-state index in [0.29, 0.717) is 0 Å². The van der Waals surface area contributed by atoms with Crippen LogP contribution in [0.3, 0.4) is 0 Å². The normalized spacial score (nSPS) is 8.25. The second kappa shape index (κ2) is 13.9. The van der Waals surface area contributed by atoms with E-state index in [2.05, 4.69) is 9.88 Å². The number of carboxylic acids is 2. The average Bonchev–Trinajstić information content (AvgIpc) is 2.25. The summed E-state index contributed by atoms with van der Waals surface area (Å²) in [6, 6.07) is 0. The van der Waals surface area contributed by atoms with Crippen LogP contribution in [-0.2, 0) is 33.6 Å². The van der Waals surface area contributed by atoms with E-state index in [1.54, 1.807) is 0 Å². The third kappa shape index (κ3) is 36.0. The molecule has 12 nitrogen and oxygen atoms in total. The third-order valence-corrected chi connectivity index (χ3v) is 0.490. The van der Waals surface area contributed by atoms with Crippen LogP contribution in [-0.4, -0.2) is 48.8 Å². The van der Waals surface area contributed by atoms with Gasteiger partial charge in [-0.25, -0.2) is 33.6 Å². The predicted molar refractivity (Wildman–Crippen MR) is 45.0 cm³/mol. The number of hydrogen-bond acceptors (Lipinski definition) is 7. The van der Waals surface area contributed by atoms with Crippen molar-refractivity contribution < 1.29 is 87.9 Å². The topological polar surface area (TPSA) is 205 Å². The van der Waals surface area contributed by atoms with Crippen molar-refractivity contribution in [3.8, 4) is 0 Å². The van der Waals surface area contributed by atoms with Gasteiger partial charge in [0, 0.05) is 9.05 Å².